The number of hydrogen-bond donors (Lipinski definition) is 2. The van der Waals surface area contributed by atoms with Crippen LogP contribution >= 0.6 is 0 Å². The summed E-state index contributed by atoms with van der Waals surface area (Å²) in [5.41, 5.74) is 0.987. The number of nitrogens with one attached hydrogen (secondary N) is 2. The molecule has 1 aromatic heterocycles. The Balaban J connectivity index is 1.72. The van der Waals surface area contributed by atoms with Crippen LogP contribution in [0.4, 0.5) is 5.69 Å². The number of carbonyl (C=O) groups excluding carboxylic acids is 1. The number of nitrogens with zero attached hydrogens (tertiary/aromatic N) is 3. The van der Waals surface area contributed by atoms with Gasteiger partial charge in [0, 0.05) is 27.2 Å². The van der Waals surface area contributed by atoms with Crippen molar-refractivity contribution in [3.05, 3.63) is 12.1 Å². The second kappa shape index (κ2) is 13.3. The van der Waals surface area contributed by atoms with Gasteiger partial charge in [-0.05, 0) is 28.9 Å². The highest BCUT2D eigenvalue weighted by Gasteiger charge is 2.27. The van der Waals surface area contributed by atoms with Crippen molar-refractivity contribution in [1.29, 1.82) is 0 Å². The van der Waals surface area contributed by atoms with E-state index in [0.29, 0.717) is 31.0 Å². The minimum atomic E-state index is -3.98. The molecule has 2 N–H and O–H groups in total. The molecule has 0 saturated heterocycles. The number of anilines is 1. The lowest BCUT2D eigenvalue weighted by Crippen LogP contribution is -2.39. The fourth-order valence-corrected chi connectivity index (χ4v) is 4.22. The first-order valence-corrected chi connectivity index (χ1v) is 12.2. The Kier molecular flexibility index (Phi) is 10.8. The van der Waals surface area contributed by atoms with Gasteiger partial charge in [0.15, 0.2) is 11.0 Å². The predicted molar refractivity (Wildman–Crippen MR) is 120 cm³/mol. The highest BCUT2D eigenvalue weighted by atomic mass is 32.2. The SMILES string of the molecule is CCCCCCOCCOCCNC(=O)CN(C)S(=O)(=O)c1ccc(NC)c2nonc12. The number of amides is 1. The number of benzene rings is 1. The van der Waals surface area contributed by atoms with Crippen LogP contribution in [0.15, 0.2) is 21.7 Å². The van der Waals surface area contributed by atoms with Crippen molar-refractivity contribution in [3.63, 3.8) is 0 Å². The standard InChI is InChI=1S/C20H33N5O6S/c1-4-5-6-7-11-29-13-14-30-12-10-22-18(26)15-25(3)32(27,28)17-9-8-16(21-2)19-20(17)24-31-23-19/h8-9,21H,4-7,10-15H2,1-3H3,(H,22,26). The minimum Gasteiger partial charge on any atom is -0.386 e. The Morgan fingerprint density at radius 2 is 1.78 bits per heavy atom. The summed E-state index contributed by atoms with van der Waals surface area (Å²) in [4.78, 5) is 12.1. The molecule has 0 saturated carbocycles. The van der Waals surface area contributed by atoms with Crippen LogP contribution in [-0.4, -0.2) is 82.6 Å². The molecule has 0 fully saturated rings. The van der Waals surface area contributed by atoms with Gasteiger partial charge in [0.05, 0.1) is 32.1 Å². The van der Waals surface area contributed by atoms with Crippen molar-refractivity contribution in [1.82, 2.24) is 19.9 Å². The zero-order valence-corrected chi connectivity index (χ0v) is 19.7. The number of aromatic nitrogens is 2. The van der Waals surface area contributed by atoms with Gasteiger partial charge < -0.3 is 20.1 Å². The van der Waals surface area contributed by atoms with E-state index in [1.54, 1.807) is 13.1 Å². The number of rotatable bonds is 16. The molecule has 11 nitrogen and oxygen atoms in total. The molecule has 0 aliphatic heterocycles. The van der Waals surface area contributed by atoms with Gasteiger partial charge in [0.25, 0.3) is 0 Å². The van der Waals surface area contributed by atoms with Crippen LogP contribution in [-0.2, 0) is 24.3 Å². The van der Waals surface area contributed by atoms with Crippen LogP contribution in [0.25, 0.3) is 11.0 Å². The molecule has 2 rings (SSSR count). The summed E-state index contributed by atoms with van der Waals surface area (Å²) in [5.74, 6) is -0.437. The van der Waals surface area contributed by atoms with Crippen LogP contribution in [0.5, 0.6) is 0 Å². The molecule has 2 aromatic rings. The van der Waals surface area contributed by atoms with E-state index in [2.05, 4.69) is 27.9 Å². The van der Waals surface area contributed by atoms with E-state index in [-0.39, 0.29) is 23.5 Å². The number of ether oxygens (including phenoxy) is 2. The molecule has 0 radical (unpaired) electrons. The molecule has 0 aliphatic carbocycles. The number of sulfonamides is 1. The molecule has 0 unspecified atom stereocenters. The second-order valence-electron chi connectivity index (χ2n) is 7.22. The summed E-state index contributed by atoms with van der Waals surface area (Å²) in [6, 6.07) is 2.97. The number of carbonyl (C=O) groups is 1. The molecule has 0 spiro atoms. The molecular formula is C20H33N5O6S. The fraction of sp³-hybridized carbons (Fsp3) is 0.650. The summed E-state index contributed by atoms with van der Waals surface area (Å²) in [7, 11) is -0.967. The number of unbranched alkanes of at least 4 members (excludes halogenated alkanes) is 3. The normalized spacial score (nSPS) is 11.9. The monoisotopic (exact) mass is 471 g/mol. The zero-order valence-electron chi connectivity index (χ0n) is 18.9. The first-order chi connectivity index (χ1) is 15.4. The first kappa shape index (κ1) is 26.0. The van der Waals surface area contributed by atoms with E-state index >= 15 is 0 Å². The molecule has 0 aliphatic rings. The lowest BCUT2D eigenvalue weighted by molar-refractivity contribution is -0.121. The molecule has 32 heavy (non-hydrogen) atoms. The van der Waals surface area contributed by atoms with Gasteiger partial charge in [0.1, 0.15) is 4.90 Å². The smallest absolute Gasteiger partial charge is 0.245 e. The second-order valence-corrected chi connectivity index (χ2v) is 9.23. The van der Waals surface area contributed by atoms with Crippen LogP contribution < -0.4 is 10.6 Å². The maximum atomic E-state index is 12.9. The number of hydrogen-bond acceptors (Lipinski definition) is 9. The zero-order chi connectivity index (χ0) is 23.4. The quantitative estimate of drug-likeness (QED) is 0.350. The summed E-state index contributed by atoms with van der Waals surface area (Å²) in [6.07, 6.45) is 4.65. The fourth-order valence-electron chi connectivity index (χ4n) is 2.98. The Bertz CT molecular complexity index is 949. The highest BCUT2D eigenvalue weighted by molar-refractivity contribution is 7.89. The summed E-state index contributed by atoms with van der Waals surface area (Å²) in [6.45, 7) is 4.11. The maximum absolute atomic E-state index is 12.9. The average molecular weight is 472 g/mol. The van der Waals surface area contributed by atoms with Crippen molar-refractivity contribution in [2.24, 2.45) is 0 Å². The Morgan fingerprint density at radius 1 is 1.06 bits per heavy atom. The van der Waals surface area contributed by atoms with Gasteiger partial charge in [0.2, 0.25) is 15.9 Å². The van der Waals surface area contributed by atoms with Crippen LogP contribution in [0.2, 0.25) is 0 Å². The van der Waals surface area contributed by atoms with E-state index < -0.39 is 15.9 Å². The van der Waals surface area contributed by atoms with Crippen LogP contribution in [0.1, 0.15) is 32.6 Å². The van der Waals surface area contributed by atoms with Crippen LogP contribution in [0.3, 0.4) is 0 Å². The van der Waals surface area contributed by atoms with Crippen molar-refractivity contribution >= 4 is 32.7 Å². The van der Waals surface area contributed by atoms with E-state index in [9.17, 15) is 13.2 Å². The summed E-state index contributed by atoms with van der Waals surface area (Å²) >= 11 is 0. The lowest BCUT2D eigenvalue weighted by Gasteiger charge is -2.17. The van der Waals surface area contributed by atoms with Crippen molar-refractivity contribution in [2.45, 2.75) is 37.5 Å². The van der Waals surface area contributed by atoms with E-state index in [1.165, 1.54) is 32.4 Å². The van der Waals surface area contributed by atoms with Crippen molar-refractivity contribution in [2.75, 3.05) is 58.9 Å². The predicted octanol–water partition coefficient (Wildman–Crippen LogP) is 1.61. The summed E-state index contributed by atoms with van der Waals surface area (Å²) < 4.78 is 42.4. The first-order valence-electron chi connectivity index (χ1n) is 10.7. The summed E-state index contributed by atoms with van der Waals surface area (Å²) in [5, 5.41) is 13.0. The van der Waals surface area contributed by atoms with Gasteiger partial charge in [-0.1, -0.05) is 26.2 Å². The largest absolute Gasteiger partial charge is 0.386 e. The highest BCUT2D eigenvalue weighted by Crippen LogP contribution is 2.28. The van der Waals surface area contributed by atoms with Gasteiger partial charge in [-0.2, -0.15) is 4.31 Å². The van der Waals surface area contributed by atoms with E-state index in [0.717, 1.165) is 17.3 Å². The third-order valence-electron chi connectivity index (χ3n) is 4.79. The van der Waals surface area contributed by atoms with E-state index in [4.69, 9.17) is 14.1 Å². The molecule has 1 heterocycles. The molecule has 12 heteroatoms. The molecule has 0 bridgehead atoms. The van der Waals surface area contributed by atoms with Crippen molar-refractivity contribution in [3.8, 4) is 0 Å². The van der Waals surface area contributed by atoms with Gasteiger partial charge in [-0.3, -0.25) is 4.79 Å². The molecule has 0 atom stereocenters. The Morgan fingerprint density at radius 3 is 2.50 bits per heavy atom. The van der Waals surface area contributed by atoms with Gasteiger partial charge >= 0.3 is 0 Å². The average Bonchev–Trinajstić information content (AvgIpc) is 3.26. The van der Waals surface area contributed by atoms with Crippen molar-refractivity contribution < 1.29 is 27.3 Å². The topological polar surface area (TPSA) is 136 Å². The Labute approximate surface area is 188 Å². The third-order valence-corrected chi connectivity index (χ3v) is 6.62. The van der Waals surface area contributed by atoms with E-state index in [1.807, 2.05) is 0 Å². The maximum Gasteiger partial charge on any atom is 0.245 e. The van der Waals surface area contributed by atoms with Crippen LogP contribution in [0, 0.1) is 0 Å². The van der Waals surface area contributed by atoms with Gasteiger partial charge in [-0.25, -0.2) is 13.0 Å². The molecule has 1 amide bonds. The number of fused-ring (bicyclic) bond motifs is 1. The molecule has 1 aromatic carbocycles. The minimum absolute atomic E-state index is 0.0823. The molecular weight excluding hydrogens is 438 g/mol. The lowest BCUT2D eigenvalue weighted by atomic mass is 10.2. The third kappa shape index (κ3) is 7.40. The number of likely N-dealkylation sites (N-methyl/N-ethyl adjacent to an activating group) is 1. The Hall–Kier alpha value is -2.28. The molecule has 180 valence electrons. The van der Waals surface area contributed by atoms with Gasteiger partial charge in [-0.15, -0.1) is 0 Å².